The van der Waals surface area contributed by atoms with Crippen molar-refractivity contribution in [1.29, 1.82) is 0 Å². The molecule has 0 saturated carbocycles. The molecule has 2 rings (SSSR count). The van der Waals surface area contributed by atoms with E-state index in [1.54, 1.807) is 0 Å². The quantitative estimate of drug-likeness (QED) is 0.895. The average molecular weight is 279 g/mol. The molecule has 0 bridgehead atoms. The maximum atomic E-state index is 5.60. The van der Waals surface area contributed by atoms with Gasteiger partial charge in [0.2, 0.25) is 0 Å². The molecule has 5 heteroatoms. The van der Waals surface area contributed by atoms with Crippen molar-refractivity contribution in [1.82, 2.24) is 15.3 Å². The molecule has 5 nitrogen and oxygen atoms in total. The Bertz CT molecular complexity index is 437. The number of hydrogen-bond acceptors (Lipinski definition) is 5. The number of aryl methyl sites for hydroxylation is 1. The maximum Gasteiger partial charge on any atom is 0.316 e. The molecule has 0 aliphatic carbocycles. The molecule has 1 saturated heterocycles. The third-order valence-electron chi connectivity index (χ3n) is 3.29. The Morgan fingerprint density at radius 1 is 1.45 bits per heavy atom. The van der Waals surface area contributed by atoms with E-state index in [1.165, 1.54) is 0 Å². The molecule has 1 aromatic heterocycles. The molecule has 1 atom stereocenters. The van der Waals surface area contributed by atoms with Crippen LogP contribution in [0.2, 0.25) is 0 Å². The molecular formula is C15H25N3O2. The molecule has 0 spiro atoms. The fraction of sp³-hybridized carbons (Fsp3) is 0.733. The second kappa shape index (κ2) is 6.50. The van der Waals surface area contributed by atoms with Crippen LogP contribution in [0.4, 0.5) is 0 Å². The summed E-state index contributed by atoms with van der Waals surface area (Å²) in [6.07, 6.45) is 4.21. The van der Waals surface area contributed by atoms with Crippen LogP contribution in [0.3, 0.4) is 0 Å². The molecule has 1 aliphatic heterocycles. The van der Waals surface area contributed by atoms with Crippen LogP contribution < -0.4 is 10.1 Å². The summed E-state index contributed by atoms with van der Waals surface area (Å²) in [4.78, 5) is 8.68. The van der Waals surface area contributed by atoms with Gasteiger partial charge in [-0.1, -0.05) is 0 Å². The third kappa shape index (κ3) is 4.72. The van der Waals surface area contributed by atoms with E-state index in [0.717, 1.165) is 37.3 Å². The average Bonchev–Trinajstić information content (AvgIpc) is 2.87. The molecule has 112 valence electrons. The van der Waals surface area contributed by atoms with Gasteiger partial charge in [-0.15, -0.1) is 0 Å². The Morgan fingerprint density at radius 3 is 2.85 bits per heavy atom. The van der Waals surface area contributed by atoms with Crippen LogP contribution in [0, 0.1) is 6.92 Å². The second-order valence-corrected chi connectivity index (χ2v) is 6.31. The standard InChI is InChI=1S/C15H25N3O2/c1-11-12(9-17-15(2,3)4)8-16-14(18-11)20-10-13-6-5-7-19-13/h8,13,17H,5-7,9-10H2,1-4H3. The Morgan fingerprint density at radius 2 is 2.25 bits per heavy atom. The van der Waals surface area contributed by atoms with Crippen LogP contribution in [0.1, 0.15) is 44.9 Å². The van der Waals surface area contributed by atoms with Crippen LogP contribution >= 0.6 is 0 Å². The van der Waals surface area contributed by atoms with Crippen molar-refractivity contribution < 1.29 is 9.47 Å². The van der Waals surface area contributed by atoms with E-state index in [2.05, 4.69) is 36.1 Å². The van der Waals surface area contributed by atoms with Gasteiger partial charge >= 0.3 is 6.01 Å². The fourth-order valence-corrected chi connectivity index (χ4v) is 2.02. The second-order valence-electron chi connectivity index (χ2n) is 6.31. The van der Waals surface area contributed by atoms with E-state index in [1.807, 2.05) is 13.1 Å². The number of aromatic nitrogens is 2. The number of nitrogens with zero attached hydrogens (tertiary/aromatic N) is 2. The predicted molar refractivity (Wildman–Crippen MR) is 77.8 cm³/mol. The Balaban J connectivity index is 1.88. The summed E-state index contributed by atoms with van der Waals surface area (Å²) in [5, 5.41) is 3.43. The van der Waals surface area contributed by atoms with Gasteiger partial charge in [-0.3, -0.25) is 0 Å². The van der Waals surface area contributed by atoms with Crippen LogP contribution in [0.15, 0.2) is 6.20 Å². The highest BCUT2D eigenvalue weighted by Gasteiger charge is 2.17. The number of hydrogen-bond donors (Lipinski definition) is 1. The van der Waals surface area contributed by atoms with E-state index in [4.69, 9.17) is 9.47 Å². The minimum atomic E-state index is 0.0847. The monoisotopic (exact) mass is 279 g/mol. The van der Waals surface area contributed by atoms with Crippen molar-refractivity contribution in [3.8, 4) is 6.01 Å². The van der Waals surface area contributed by atoms with Crippen LogP contribution in [-0.2, 0) is 11.3 Å². The van der Waals surface area contributed by atoms with Gasteiger partial charge in [-0.05, 0) is 40.5 Å². The molecule has 0 amide bonds. The highest BCUT2D eigenvalue weighted by Crippen LogP contribution is 2.14. The number of rotatable bonds is 5. The van der Waals surface area contributed by atoms with Crippen molar-refractivity contribution in [2.24, 2.45) is 0 Å². The largest absolute Gasteiger partial charge is 0.461 e. The zero-order valence-corrected chi connectivity index (χ0v) is 12.9. The minimum absolute atomic E-state index is 0.0847. The zero-order chi connectivity index (χ0) is 14.6. The van der Waals surface area contributed by atoms with Crippen molar-refractivity contribution in [2.75, 3.05) is 13.2 Å². The van der Waals surface area contributed by atoms with Gasteiger partial charge in [0.25, 0.3) is 0 Å². The van der Waals surface area contributed by atoms with Gasteiger partial charge < -0.3 is 14.8 Å². The first-order chi connectivity index (χ1) is 9.44. The topological polar surface area (TPSA) is 56.3 Å². The summed E-state index contributed by atoms with van der Waals surface area (Å²) in [6.45, 7) is 10.6. The smallest absolute Gasteiger partial charge is 0.316 e. The van der Waals surface area contributed by atoms with Crippen molar-refractivity contribution in [3.63, 3.8) is 0 Å². The van der Waals surface area contributed by atoms with Crippen molar-refractivity contribution in [2.45, 2.75) is 58.7 Å². The van der Waals surface area contributed by atoms with Crippen LogP contribution in [0.25, 0.3) is 0 Å². The van der Waals surface area contributed by atoms with Gasteiger partial charge in [0.15, 0.2) is 0 Å². The van der Waals surface area contributed by atoms with E-state index in [-0.39, 0.29) is 11.6 Å². The first kappa shape index (κ1) is 15.2. The predicted octanol–water partition coefficient (Wildman–Crippen LogP) is 2.23. The normalized spacial score (nSPS) is 19.3. The molecular weight excluding hydrogens is 254 g/mol. The summed E-state index contributed by atoms with van der Waals surface area (Å²) >= 11 is 0. The third-order valence-corrected chi connectivity index (χ3v) is 3.29. The SMILES string of the molecule is Cc1nc(OCC2CCCO2)ncc1CNC(C)(C)C. The molecule has 20 heavy (non-hydrogen) atoms. The highest BCUT2D eigenvalue weighted by molar-refractivity contribution is 5.17. The molecule has 0 radical (unpaired) electrons. The lowest BCUT2D eigenvalue weighted by Gasteiger charge is -2.21. The van der Waals surface area contributed by atoms with Crippen molar-refractivity contribution in [3.05, 3.63) is 17.5 Å². The van der Waals surface area contributed by atoms with E-state index in [9.17, 15) is 0 Å². The molecule has 0 aromatic carbocycles. The lowest BCUT2D eigenvalue weighted by molar-refractivity contribution is 0.0644. The lowest BCUT2D eigenvalue weighted by atomic mass is 10.1. The summed E-state index contributed by atoms with van der Waals surface area (Å²) in [5.41, 5.74) is 2.14. The zero-order valence-electron chi connectivity index (χ0n) is 12.9. The molecule has 1 aromatic rings. The Kier molecular flexibility index (Phi) is 4.94. The van der Waals surface area contributed by atoms with E-state index in [0.29, 0.717) is 12.6 Å². The van der Waals surface area contributed by atoms with E-state index < -0.39 is 0 Å². The molecule has 1 fully saturated rings. The highest BCUT2D eigenvalue weighted by atomic mass is 16.5. The van der Waals surface area contributed by atoms with Gasteiger partial charge in [-0.2, -0.15) is 0 Å². The number of nitrogens with one attached hydrogen (secondary N) is 1. The summed E-state index contributed by atoms with van der Waals surface area (Å²) < 4.78 is 11.1. The first-order valence-corrected chi connectivity index (χ1v) is 7.26. The number of ether oxygens (including phenoxy) is 2. The maximum absolute atomic E-state index is 5.60. The molecule has 2 heterocycles. The summed E-state index contributed by atoms with van der Waals surface area (Å²) in [7, 11) is 0. The summed E-state index contributed by atoms with van der Waals surface area (Å²) in [6, 6.07) is 0.442. The molecule has 1 N–H and O–H groups in total. The van der Waals surface area contributed by atoms with Gasteiger partial charge in [0.05, 0.1) is 6.10 Å². The van der Waals surface area contributed by atoms with E-state index >= 15 is 0 Å². The van der Waals surface area contributed by atoms with Gasteiger partial charge in [-0.25, -0.2) is 9.97 Å². The van der Waals surface area contributed by atoms with Gasteiger partial charge in [0, 0.05) is 36.1 Å². The molecule has 1 unspecified atom stereocenters. The van der Waals surface area contributed by atoms with Crippen molar-refractivity contribution >= 4 is 0 Å². The van der Waals surface area contributed by atoms with Gasteiger partial charge in [0.1, 0.15) is 6.61 Å². The first-order valence-electron chi connectivity index (χ1n) is 7.26. The minimum Gasteiger partial charge on any atom is -0.461 e. The fourth-order valence-electron chi connectivity index (χ4n) is 2.02. The van der Waals surface area contributed by atoms with Crippen LogP contribution in [0.5, 0.6) is 6.01 Å². The lowest BCUT2D eigenvalue weighted by Crippen LogP contribution is -2.35. The van der Waals surface area contributed by atoms with Crippen LogP contribution in [-0.4, -0.2) is 34.8 Å². The Labute approximate surface area is 121 Å². The molecule has 1 aliphatic rings. The Hall–Kier alpha value is -1.20. The summed E-state index contributed by atoms with van der Waals surface area (Å²) in [5.74, 6) is 0.